The molecule has 0 radical (unpaired) electrons. The quantitative estimate of drug-likeness (QED) is 0.930. The van der Waals surface area contributed by atoms with Crippen LogP contribution in [0.4, 0.5) is 13.2 Å². The molecule has 24 heavy (non-hydrogen) atoms. The van der Waals surface area contributed by atoms with Crippen LogP contribution in [0.1, 0.15) is 16.7 Å². The van der Waals surface area contributed by atoms with Gasteiger partial charge >= 0.3 is 6.18 Å². The number of fused-ring (bicyclic) bond motifs is 1. The monoisotopic (exact) mass is 335 g/mol. The SMILES string of the molecule is O=C(NCCc1ccc(C(F)(F)F)cc1)C1Cc2ccccc2O1. The van der Waals surface area contributed by atoms with E-state index < -0.39 is 17.8 Å². The zero-order valence-electron chi connectivity index (χ0n) is 12.8. The lowest BCUT2D eigenvalue weighted by Crippen LogP contribution is -2.38. The second-order valence-electron chi connectivity index (χ2n) is 5.65. The van der Waals surface area contributed by atoms with Gasteiger partial charge in [0.1, 0.15) is 5.75 Å². The third-order valence-corrected chi connectivity index (χ3v) is 3.93. The van der Waals surface area contributed by atoms with Gasteiger partial charge in [-0.3, -0.25) is 4.79 Å². The minimum Gasteiger partial charge on any atom is -0.480 e. The predicted molar refractivity (Wildman–Crippen MR) is 82.7 cm³/mol. The molecule has 0 aromatic heterocycles. The van der Waals surface area contributed by atoms with Crippen LogP contribution in [0.25, 0.3) is 0 Å². The number of para-hydroxylation sites is 1. The average Bonchev–Trinajstić information content (AvgIpc) is 2.98. The van der Waals surface area contributed by atoms with Crippen LogP contribution in [0.15, 0.2) is 48.5 Å². The zero-order chi connectivity index (χ0) is 17.2. The number of hydrogen-bond donors (Lipinski definition) is 1. The Hall–Kier alpha value is -2.50. The summed E-state index contributed by atoms with van der Waals surface area (Å²) in [6.07, 6.45) is -3.89. The largest absolute Gasteiger partial charge is 0.480 e. The molecule has 0 spiro atoms. The molecule has 1 aliphatic heterocycles. The van der Waals surface area contributed by atoms with Crippen molar-refractivity contribution < 1.29 is 22.7 Å². The highest BCUT2D eigenvalue weighted by Crippen LogP contribution is 2.29. The summed E-state index contributed by atoms with van der Waals surface area (Å²) >= 11 is 0. The maximum atomic E-state index is 12.5. The van der Waals surface area contributed by atoms with Crippen molar-refractivity contribution >= 4 is 5.91 Å². The van der Waals surface area contributed by atoms with Crippen molar-refractivity contribution in [2.24, 2.45) is 0 Å². The van der Waals surface area contributed by atoms with E-state index in [9.17, 15) is 18.0 Å². The summed E-state index contributed by atoms with van der Waals surface area (Å²) in [6.45, 7) is 0.348. The summed E-state index contributed by atoms with van der Waals surface area (Å²) in [5, 5.41) is 2.77. The van der Waals surface area contributed by atoms with Gasteiger partial charge in [0.05, 0.1) is 5.56 Å². The topological polar surface area (TPSA) is 38.3 Å². The highest BCUT2D eigenvalue weighted by atomic mass is 19.4. The summed E-state index contributed by atoms with van der Waals surface area (Å²) < 4.78 is 43.1. The number of hydrogen-bond acceptors (Lipinski definition) is 2. The van der Waals surface area contributed by atoms with Crippen LogP contribution >= 0.6 is 0 Å². The van der Waals surface area contributed by atoms with Crippen molar-refractivity contribution in [3.8, 4) is 5.75 Å². The Morgan fingerprint density at radius 3 is 2.50 bits per heavy atom. The number of carbonyl (C=O) groups is 1. The Kier molecular flexibility index (Phi) is 4.46. The Morgan fingerprint density at radius 1 is 1.12 bits per heavy atom. The molecule has 3 rings (SSSR count). The van der Waals surface area contributed by atoms with E-state index in [0.717, 1.165) is 29.0 Å². The number of carbonyl (C=O) groups excluding carboxylic acids is 1. The Balaban J connectivity index is 1.48. The molecule has 1 unspecified atom stereocenters. The van der Waals surface area contributed by atoms with Crippen molar-refractivity contribution in [3.63, 3.8) is 0 Å². The molecule has 0 saturated carbocycles. The number of benzene rings is 2. The van der Waals surface area contributed by atoms with Crippen LogP contribution in [0.5, 0.6) is 5.75 Å². The number of alkyl halides is 3. The average molecular weight is 335 g/mol. The van der Waals surface area contributed by atoms with Crippen molar-refractivity contribution in [2.75, 3.05) is 6.54 Å². The minimum atomic E-state index is -4.33. The Bertz CT molecular complexity index is 701. The van der Waals surface area contributed by atoms with Gasteiger partial charge in [-0.15, -0.1) is 0 Å². The lowest BCUT2D eigenvalue weighted by molar-refractivity contribution is -0.137. The first kappa shape index (κ1) is 16.4. The minimum absolute atomic E-state index is 0.210. The van der Waals surface area contributed by atoms with Crippen molar-refractivity contribution in [1.82, 2.24) is 5.32 Å². The van der Waals surface area contributed by atoms with Gasteiger partial charge in [-0.25, -0.2) is 0 Å². The van der Waals surface area contributed by atoms with Crippen LogP contribution in [-0.4, -0.2) is 18.6 Å². The molecule has 2 aromatic rings. The fourth-order valence-corrected chi connectivity index (χ4v) is 2.63. The number of halogens is 3. The van der Waals surface area contributed by atoms with Crippen LogP contribution in [-0.2, 0) is 23.8 Å². The molecule has 0 aliphatic carbocycles. The third-order valence-electron chi connectivity index (χ3n) is 3.93. The first-order valence-electron chi connectivity index (χ1n) is 7.62. The van der Waals surface area contributed by atoms with Gasteiger partial charge < -0.3 is 10.1 Å². The lowest BCUT2D eigenvalue weighted by atomic mass is 10.1. The van der Waals surface area contributed by atoms with Gasteiger partial charge in [0.15, 0.2) is 6.10 Å². The van der Waals surface area contributed by atoms with E-state index in [1.807, 2.05) is 24.3 Å². The smallest absolute Gasteiger partial charge is 0.416 e. The van der Waals surface area contributed by atoms with Crippen LogP contribution in [0.3, 0.4) is 0 Å². The maximum Gasteiger partial charge on any atom is 0.416 e. The molecule has 1 N–H and O–H groups in total. The van der Waals surface area contributed by atoms with Crippen LogP contribution in [0.2, 0.25) is 0 Å². The molecule has 2 aromatic carbocycles. The van der Waals surface area contributed by atoms with Crippen molar-refractivity contribution in [3.05, 3.63) is 65.2 Å². The lowest BCUT2D eigenvalue weighted by Gasteiger charge is -2.12. The molecule has 1 heterocycles. The van der Waals surface area contributed by atoms with E-state index in [0.29, 0.717) is 19.4 Å². The highest BCUT2D eigenvalue weighted by molar-refractivity contribution is 5.82. The molecule has 0 fully saturated rings. The van der Waals surface area contributed by atoms with E-state index in [1.165, 1.54) is 12.1 Å². The fourth-order valence-electron chi connectivity index (χ4n) is 2.63. The molecule has 3 nitrogen and oxygen atoms in total. The maximum absolute atomic E-state index is 12.5. The van der Waals surface area contributed by atoms with E-state index >= 15 is 0 Å². The number of amides is 1. The van der Waals surface area contributed by atoms with Crippen molar-refractivity contribution in [2.45, 2.75) is 25.1 Å². The molecule has 1 atom stereocenters. The van der Waals surface area contributed by atoms with Gasteiger partial charge in [0.2, 0.25) is 0 Å². The predicted octanol–water partition coefficient (Wildman–Crippen LogP) is 3.37. The molecule has 1 aliphatic rings. The second kappa shape index (κ2) is 6.55. The van der Waals surface area contributed by atoms with Crippen LogP contribution in [0, 0.1) is 0 Å². The van der Waals surface area contributed by atoms with Gasteiger partial charge in [0, 0.05) is 13.0 Å². The molecular formula is C18H16F3NO2. The highest BCUT2D eigenvalue weighted by Gasteiger charge is 2.30. The summed E-state index contributed by atoms with van der Waals surface area (Å²) in [5.41, 5.74) is 1.06. The third kappa shape index (κ3) is 3.69. The van der Waals surface area contributed by atoms with E-state index in [2.05, 4.69) is 5.32 Å². The standard InChI is InChI=1S/C18H16F3NO2/c19-18(20,21)14-7-5-12(6-8-14)9-10-22-17(23)16-11-13-3-1-2-4-15(13)24-16/h1-8,16H,9-11H2,(H,22,23). The number of ether oxygens (including phenoxy) is 1. The molecule has 0 bridgehead atoms. The van der Waals surface area contributed by atoms with Gasteiger partial charge in [-0.2, -0.15) is 13.2 Å². The summed E-state index contributed by atoms with van der Waals surface area (Å²) in [4.78, 5) is 12.1. The van der Waals surface area contributed by atoms with E-state index in [-0.39, 0.29) is 5.91 Å². The van der Waals surface area contributed by atoms with Gasteiger partial charge in [-0.05, 0) is 35.7 Å². The Morgan fingerprint density at radius 2 is 1.83 bits per heavy atom. The first-order chi connectivity index (χ1) is 11.4. The molecule has 0 saturated heterocycles. The molecule has 126 valence electrons. The summed E-state index contributed by atoms with van der Waals surface area (Å²) in [6, 6.07) is 12.4. The summed E-state index contributed by atoms with van der Waals surface area (Å²) in [7, 11) is 0. The van der Waals surface area contributed by atoms with Gasteiger partial charge in [0.25, 0.3) is 5.91 Å². The second-order valence-corrected chi connectivity index (χ2v) is 5.65. The van der Waals surface area contributed by atoms with Gasteiger partial charge in [-0.1, -0.05) is 30.3 Å². The zero-order valence-corrected chi connectivity index (χ0v) is 12.8. The fraction of sp³-hybridized carbons (Fsp3) is 0.278. The van der Waals surface area contributed by atoms with Crippen LogP contribution < -0.4 is 10.1 Å². The number of nitrogens with one attached hydrogen (secondary N) is 1. The molecule has 1 amide bonds. The van der Waals surface area contributed by atoms with E-state index in [4.69, 9.17) is 4.74 Å². The van der Waals surface area contributed by atoms with E-state index in [1.54, 1.807) is 0 Å². The summed E-state index contributed by atoms with van der Waals surface area (Å²) in [5.74, 6) is 0.513. The molecule has 6 heteroatoms. The normalized spacial score (nSPS) is 16.4. The molecular weight excluding hydrogens is 319 g/mol. The van der Waals surface area contributed by atoms with Crippen molar-refractivity contribution in [1.29, 1.82) is 0 Å². The number of rotatable bonds is 4. The Labute approximate surface area is 137 Å². The first-order valence-corrected chi connectivity index (χ1v) is 7.62.